The van der Waals surface area contributed by atoms with Crippen LogP contribution in [0.4, 0.5) is 5.69 Å². The van der Waals surface area contributed by atoms with Crippen LogP contribution in [0.15, 0.2) is 72.8 Å². The highest BCUT2D eigenvalue weighted by atomic mass is 35.5. The fourth-order valence-electron chi connectivity index (χ4n) is 4.64. The van der Waals surface area contributed by atoms with Crippen molar-refractivity contribution in [3.05, 3.63) is 94.5 Å². The summed E-state index contributed by atoms with van der Waals surface area (Å²) >= 11 is 6.24. The van der Waals surface area contributed by atoms with E-state index >= 15 is 0 Å². The molecule has 31 heavy (non-hydrogen) atoms. The Hall–Kier alpha value is -3.44. The zero-order valence-corrected chi connectivity index (χ0v) is 17.4. The first-order valence-electron chi connectivity index (χ1n) is 9.95. The molecule has 0 aliphatic carbocycles. The number of para-hydroxylation sites is 1. The number of hydrogen-bond acceptors (Lipinski definition) is 4. The molecule has 2 atom stereocenters. The lowest BCUT2D eigenvalue weighted by molar-refractivity contribution is -0.141. The van der Waals surface area contributed by atoms with Crippen molar-refractivity contribution in [1.82, 2.24) is 0 Å². The summed E-state index contributed by atoms with van der Waals surface area (Å²) in [6.45, 7) is 1.85. The predicted molar refractivity (Wildman–Crippen MR) is 116 cm³/mol. The lowest BCUT2D eigenvalue weighted by Crippen LogP contribution is -2.46. The number of nitrogens with zero attached hydrogens (tertiary/aromatic N) is 1. The lowest BCUT2D eigenvalue weighted by Gasteiger charge is -2.31. The molecule has 2 amide bonds. The number of esters is 1. The van der Waals surface area contributed by atoms with Crippen molar-refractivity contribution in [3.8, 4) is 5.75 Å². The van der Waals surface area contributed by atoms with Gasteiger partial charge in [-0.3, -0.25) is 19.3 Å². The van der Waals surface area contributed by atoms with E-state index < -0.39 is 23.2 Å². The lowest BCUT2D eigenvalue weighted by atomic mass is 9.66. The average molecular weight is 432 g/mol. The fraction of sp³-hybridized carbons (Fsp3) is 0.160. The molecule has 0 N–H and O–H groups in total. The highest BCUT2D eigenvalue weighted by Crippen LogP contribution is 2.52. The molecule has 0 spiro atoms. The molecule has 0 radical (unpaired) electrons. The topological polar surface area (TPSA) is 63.7 Å². The van der Waals surface area contributed by atoms with E-state index in [4.69, 9.17) is 16.3 Å². The summed E-state index contributed by atoms with van der Waals surface area (Å²) in [7, 11) is 0. The smallest absolute Gasteiger partial charge is 0.327 e. The molecule has 1 saturated heterocycles. The number of aryl methyl sites for hydroxylation is 1. The van der Waals surface area contributed by atoms with Gasteiger partial charge in [0, 0.05) is 17.0 Å². The van der Waals surface area contributed by atoms with Crippen LogP contribution in [-0.4, -0.2) is 17.8 Å². The van der Waals surface area contributed by atoms with Crippen molar-refractivity contribution in [3.63, 3.8) is 0 Å². The van der Waals surface area contributed by atoms with Crippen LogP contribution >= 0.6 is 11.6 Å². The Morgan fingerprint density at radius 1 is 0.968 bits per heavy atom. The van der Waals surface area contributed by atoms with Crippen LogP contribution in [0.1, 0.15) is 23.1 Å². The number of carbonyl (C=O) groups excluding carboxylic acids is 3. The third kappa shape index (κ3) is 2.73. The first-order valence-corrected chi connectivity index (χ1v) is 10.3. The van der Waals surface area contributed by atoms with Crippen LogP contribution in [-0.2, 0) is 19.8 Å². The molecule has 1 fully saturated rings. The van der Waals surface area contributed by atoms with Crippen molar-refractivity contribution in [2.75, 3.05) is 4.90 Å². The Bertz CT molecular complexity index is 1240. The Balaban J connectivity index is 1.69. The van der Waals surface area contributed by atoms with Gasteiger partial charge in [-0.05, 0) is 36.2 Å². The van der Waals surface area contributed by atoms with Crippen molar-refractivity contribution < 1.29 is 19.1 Å². The third-order valence-electron chi connectivity index (χ3n) is 6.15. The molecular formula is C25H18ClNO4. The molecule has 0 saturated carbocycles. The number of benzene rings is 3. The van der Waals surface area contributed by atoms with Crippen molar-refractivity contribution in [2.45, 2.75) is 18.8 Å². The van der Waals surface area contributed by atoms with E-state index in [0.717, 1.165) is 10.5 Å². The van der Waals surface area contributed by atoms with Gasteiger partial charge >= 0.3 is 5.97 Å². The summed E-state index contributed by atoms with van der Waals surface area (Å²) in [5, 5.41) is 0.463. The number of rotatable bonds is 3. The van der Waals surface area contributed by atoms with E-state index in [1.165, 1.54) is 0 Å². The molecule has 2 aliphatic rings. The van der Waals surface area contributed by atoms with Gasteiger partial charge in [0.05, 0.1) is 11.6 Å². The molecule has 5 nitrogen and oxygen atoms in total. The maximum absolute atomic E-state index is 13.7. The van der Waals surface area contributed by atoms with E-state index in [1.54, 1.807) is 54.6 Å². The minimum atomic E-state index is -1.40. The van der Waals surface area contributed by atoms with Gasteiger partial charge in [0.25, 0.3) is 0 Å². The van der Waals surface area contributed by atoms with E-state index in [1.807, 2.05) is 25.1 Å². The van der Waals surface area contributed by atoms with Gasteiger partial charge in [-0.2, -0.15) is 0 Å². The molecular weight excluding hydrogens is 414 g/mol. The van der Waals surface area contributed by atoms with Gasteiger partial charge in [-0.1, -0.05) is 66.2 Å². The number of halogens is 1. The maximum Gasteiger partial charge on any atom is 0.327 e. The van der Waals surface area contributed by atoms with Gasteiger partial charge in [-0.25, -0.2) is 0 Å². The zero-order chi connectivity index (χ0) is 21.8. The van der Waals surface area contributed by atoms with Crippen LogP contribution in [0.3, 0.4) is 0 Å². The van der Waals surface area contributed by atoms with Crippen molar-refractivity contribution in [1.29, 1.82) is 0 Å². The van der Waals surface area contributed by atoms with E-state index in [0.29, 0.717) is 27.6 Å². The predicted octanol–water partition coefficient (Wildman–Crippen LogP) is 4.43. The van der Waals surface area contributed by atoms with Crippen LogP contribution < -0.4 is 9.64 Å². The first-order chi connectivity index (χ1) is 14.9. The Kier molecular flexibility index (Phi) is 4.45. The van der Waals surface area contributed by atoms with Crippen LogP contribution in [0.2, 0.25) is 5.02 Å². The van der Waals surface area contributed by atoms with Crippen molar-refractivity contribution >= 4 is 35.1 Å². The third-order valence-corrected chi connectivity index (χ3v) is 6.56. The number of hydrogen-bond donors (Lipinski definition) is 0. The standard InChI is InChI=1S/C25H18ClNO4/c1-15-11-12-17(13-20(15)26)27-22(28)14-19(23(27)29)25(16-7-3-2-4-8-16)18-9-5-6-10-21(18)31-24(25)30/h2-13,19H,14H2,1H3/t19-,25+/m1/s1. The van der Waals surface area contributed by atoms with Crippen LogP contribution in [0, 0.1) is 12.8 Å². The largest absolute Gasteiger partial charge is 0.425 e. The Labute approximate surface area is 184 Å². The summed E-state index contributed by atoms with van der Waals surface area (Å²) in [5.41, 5.74) is 1.07. The van der Waals surface area contributed by atoms with E-state index in [-0.39, 0.29) is 12.3 Å². The molecule has 0 bridgehead atoms. The first kappa shape index (κ1) is 19.5. The summed E-state index contributed by atoms with van der Waals surface area (Å²) < 4.78 is 5.61. The second-order valence-electron chi connectivity index (χ2n) is 7.82. The number of anilines is 1. The monoisotopic (exact) mass is 431 g/mol. The quantitative estimate of drug-likeness (QED) is 0.349. The summed E-state index contributed by atoms with van der Waals surface area (Å²) in [6, 6.07) is 21.2. The van der Waals surface area contributed by atoms with Crippen LogP contribution in [0.5, 0.6) is 5.75 Å². The molecule has 3 aromatic rings. The Morgan fingerprint density at radius 2 is 1.68 bits per heavy atom. The maximum atomic E-state index is 13.7. The van der Waals surface area contributed by atoms with Crippen molar-refractivity contribution in [2.24, 2.45) is 5.92 Å². The average Bonchev–Trinajstić information content (AvgIpc) is 3.23. The molecule has 6 heteroatoms. The van der Waals surface area contributed by atoms with Crippen LogP contribution in [0.25, 0.3) is 0 Å². The number of ether oxygens (including phenoxy) is 1. The number of carbonyl (C=O) groups is 3. The molecule has 154 valence electrons. The van der Waals surface area contributed by atoms with Gasteiger partial charge < -0.3 is 4.74 Å². The normalized spacial score (nSPS) is 22.6. The molecule has 0 unspecified atom stereocenters. The van der Waals surface area contributed by atoms with Gasteiger partial charge in [-0.15, -0.1) is 0 Å². The number of amides is 2. The Morgan fingerprint density at radius 3 is 2.42 bits per heavy atom. The second kappa shape index (κ2) is 7.06. The highest BCUT2D eigenvalue weighted by molar-refractivity contribution is 6.32. The summed E-state index contributed by atoms with van der Waals surface area (Å²) in [5.74, 6) is -1.88. The minimum Gasteiger partial charge on any atom is -0.425 e. The van der Waals surface area contributed by atoms with Gasteiger partial charge in [0.1, 0.15) is 11.2 Å². The SMILES string of the molecule is Cc1ccc(N2C(=O)C[C@@H]([C@@]3(c4ccccc4)C(=O)Oc4ccccc43)C2=O)cc1Cl. The summed E-state index contributed by atoms with van der Waals surface area (Å²) in [6.07, 6.45) is -0.108. The molecule has 0 aromatic heterocycles. The molecule has 2 heterocycles. The van der Waals surface area contributed by atoms with Gasteiger partial charge in [0.15, 0.2) is 0 Å². The second-order valence-corrected chi connectivity index (χ2v) is 8.22. The molecule has 5 rings (SSSR count). The van der Waals surface area contributed by atoms with E-state index in [9.17, 15) is 14.4 Å². The molecule has 2 aliphatic heterocycles. The number of fused-ring (bicyclic) bond motifs is 1. The zero-order valence-electron chi connectivity index (χ0n) is 16.7. The number of imide groups is 1. The summed E-state index contributed by atoms with van der Waals surface area (Å²) in [4.78, 5) is 41.3. The van der Waals surface area contributed by atoms with Gasteiger partial charge in [0.2, 0.25) is 11.8 Å². The molecule has 3 aromatic carbocycles. The minimum absolute atomic E-state index is 0.108. The van der Waals surface area contributed by atoms with E-state index in [2.05, 4.69) is 0 Å². The fourth-order valence-corrected chi connectivity index (χ4v) is 4.81. The highest BCUT2D eigenvalue weighted by Gasteiger charge is 2.62.